The van der Waals surface area contributed by atoms with Crippen LogP contribution in [-0.2, 0) is 0 Å². The number of rotatable bonds is 4. The molecule has 58 valence electrons. The molecular formula is C9H17N. The second-order valence-electron chi connectivity index (χ2n) is 2.40. The monoisotopic (exact) mass is 139 g/mol. The Bertz CT molecular complexity index is 125. The van der Waals surface area contributed by atoms with Crippen LogP contribution in [0.1, 0.15) is 20.3 Å². The Morgan fingerprint density at radius 2 is 2.10 bits per heavy atom. The summed E-state index contributed by atoms with van der Waals surface area (Å²) in [6, 6.07) is 0. The van der Waals surface area contributed by atoms with E-state index in [0.29, 0.717) is 0 Å². The van der Waals surface area contributed by atoms with E-state index < -0.39 is 0 Å². The second-order valence-corrected chi connectivity index (χ2v) is 2.40. The van der Waals surface area contributed by atoms with Crippen molar-refractivity contribution < 1.29 is 0 Å². The van der Waals surface area contributed by atoms with E-state index in [1.807, 2.05) is 0 Å². The van der Waals surface area contributed by atoms with E-state index in [1.165, 1.54) is 5.57 Å². The van der Waals surface area contributed by atoms with Crippen molar-refractivity contribution in [1.29, 1.82) is 0 Å². The van der Waals surface area contributed by atoms with Gasteiger partial charge < -0.3 is 4.90 Å². The molecular weight excluding hydrogens is 122 g/mol. The predicted octanol–water partition coefficient (Wildman–Crippen LogP) is 2.42. The van der Waals surface area contributed by atoms with Gasteiger partial charge in [-0.2, -0.15) is 0 Å². The van der Waals surface area contributed by atoms with Gasteiger partial charge in [-0.05, 0) is 25.6 Å². The molecule has 10 heavy (non-hydrogen) atoms. The van der Waals surface area contributed by atoms with Crippen molar-refractivity contribution in [3.05, 3.63) is 24.4 Å². The van der Waals surface area contributed by atoms with Gasteiger partial charge in [0.25, 0.3) is 0 Å². The van der Waals surface area contributed by atoms with Crippen molar-refractivity contribution in [2.24, 2.45) is 0 Å². The lowest BCUT2D eigenvalue weighted by Gasteiger charge is -2.08. The van der Waals surface area contributed by atoms with Crippen LogP contribution < -0.4 is 0 Å². The normalized spacial score (nSPS) is 10.3. The molecule has 0 fully saturated rings. The molecule has 1 heteroatoms. The van der Waals surface area contributed by atoms with Crippen LogP contribution in [0.25, 0.3) is 0 Å². The van der Waals surface area contributed by atoms with Gasteiger partial charge in [-0.3, -0.25) is 0 Å². The molecule has 0 rings (SSSR count). The molecule has 0 aliphatic heterocycles. The quantitative estimate of drug-likeness (QED) is 0.541. The highest BCUT2D eigenvalue weighted by Crippen LogP contribution is 1.98. The Balaban J connectivity index is 3.63. The molecule has 0 heterocycles. The maximum atomic E-state index is 3.87. The number of allylic oxidation sites excluding steroid dienone is 2. The van der Waals surface area contributed by atoms with Gasteiger partial charge in [-0.1, -0.05) is 19.1 Å². The van der Waals surface area contributed by atoms with Crippen LogP contribution in [0, 0.1) is 0 Å². The van der Waals surface area contributed by atoms with Crippen molar-refractivity contribution in [3.8, 4) is 0 Å². The third kappa shape index (κ3) is 4.19. The molecule has 0 bridgehead atoms. The maximum Gasteiger partial charge on any atom is 0.0140 e. The molecule has 0 unspecified atom stereocenters. The number of hydrogen-bond donors (Lipinski definition) is 0. The van der Waals surface area contributed by atoms with Gasteiger partial charge >= 0.3 is 0 Å². The maximum absolute atomic E-state index is 3.87. The summed E-state index contributed by atoms with van der Waals surface area (Å²) in [6.45, 7) is 9.15. The summed E-state index contributed by atoms with van der Waals surface area (Å²) in [4.78, 5) is 2.13. The first kappa shape index (κ1) is 9.28. The molecule has 0 aromatic rings. The highest BCUT2D eigenvalue weighted by molar-refractivity contribution is 5.12. The molecule has 0 saturated carbocycles. The molecule has 0 atom stereocenters. The SMILES string of the molecule is C=C(/C=C\N(C)CC)CC. The molecule has 0 amide bonds. The topological polar surface area (TPSA) is 3.24 Å². The summed E-state index contributed by atoms with van der Waals surface area (Å²) >= 11 is 0. The van der Waals surface area contributed by atoms with Crippen LogP contribution in [0.5, 0.6) is 0 Å². The standard InChI is InChI=1S/C9H17N/c1-5-9(3)7-8-10(4)6-2/h7-8H,3,5-6H2,1-2,4H3/b8-7-. The lowest BCUT2D eigenvalue weighted by molar-refractivity contribution is 0.483. The third-order valence-corrected chi connectivity index (χ3v) is 1.52. The predicted molar refractivity (Wildman–Crippen MR) is 46.9 cm³/mol. The van der Waals surface area contributed by atoms with E-state index in [4.69, 9.17) is 0 Å². The lowest BCUT2D eigenvalue weighted by atomic mass is 10.2. The van der Waals surface area contributed by atoms with Gasteiger partial charge in [0, 0.05) is 13.6 Å². The van der Waals surface area contributed by atoms with E-state index >= 15 is 0 Å². The fourth-order valence-electron chi connectivity index (χ4n) is 0.456. The zero-order chi connectivity index (χ0) is 7.98. The summed E-state index contributed by atoms with van der Waals surface area (Å²) in [6.07, 6.45) is 5.16. The summed E-state index contributed by atoms with van der Waals surface area (Å²) in [5.41, 5.74) is 1.18. The summed E-state index contributed by atoms with van der Waals surface area (Å²) < 4.78 is 0. The molecule has 0 aromatic heterocycles. The minimum Gasteiger partial charge on any atom is -0.381 e. The van der Waals surface area contributed by atoms with Crippen molar-refractivity contribution in [2.45, 2.75) is 20.3 Å². The zero-order valence-electron chi connectivity index (χ0n) is 7.22. The summed E-state index contributed by atoms with van der Waals surface area (Å²) in [7, 11) is 2.06. The molecule has 0 spiro atoms. The van der Waals surface area contributed by atoms with E-state index in [9.17, 15) is 0 Å². The Morgan fingerprint density at radius 3 is 2.50 bits per heavy atom. The Labute approximate surface area is 64.0 Å². The molecule has 0 aromatic carbocycles. The van der Waals surface area contributed by atoms with E-state index in [1.54, 1.807) is 0 Å². The molecule has 0 saturated heterocycles. The molecule has 0 aliphatic carbocycles. The lowest BCUT2D eigenvalue weighted by Crippen LogP contribution is -2.08. The van der Waals surface area contributed by atoms with E-state index in [0.717, 1.165) is 13.0 Å². The van der Waals surface area contributed by atoms with Gasteiger partial charge in [0.1, 0.15) is 0 Å². The minimum absolute atomic E-state index is 1.04. The summed E-state index contributed by atoms with van der Waals surface area (Å²) in [5, 5.41) is 0. The van der Waals surface area contributed by atoms with E-state index in [-0.39, 0.29) is 0 Å². The van der Waals surface area contributed by atoms with Gasteiger partial charge in [0.05, 0.1) is 0 Å². The largest absolute Gasteiger partial charge is 0.381 e. The Morgan fingerprint density at radius 1 is 1.50 bits per heavy atom. The fourth-order valence-corrected chi connectivity index (χ4v) is 0.456. The highest BCUT2D eigenvalue weighted by atomic mass is 15.1. The first-order valence-corrected chi connectivity index (χ1v) is 3.76. The van der Waals surface area contributed by atoms with Crippen molar-refractivity contribution in [3.63, 3.8) is 0 Å². The average molecular weight is 139 g/mol. The third-order valence-electron chi connectivity index (χ3n) is 1.52. The molecule has 0 aliphatic rings. The van der Waals surface area contributed by atoms with Gasteiger partial charge in [0.2, 0.25) is 0 Å². The molecule has 1 nitrogen and oxygen atoms in total. The summed E-state index contributed by atoms with van der Waals surface area (Å²) in [5.74, 6) is 0. The van der Waals surface area contributed by atoms with Gasteiger partial charge in [0.15, 0.2) is 0 Å². The second kappa shape index (κ2) is 5.10. The van der Waals surface area contributed by atoms with Crippen LogP contribution in [0.15, 0.2) is 24.4 Å². The molecule has 0 radical (unpaired) electrons. The van der Waals surface area contributed by atoms with Crippen molar-refractivity contribution in [1.82, 2.24) is 4.90 Å². The van der Waals surface area contributed by atoms with Gasteiger partial charge in [-0.25, -0.2) is 0 Å². The first-order valence-electron chi connectivity index (χ1n) is 3.76. The smallest absolute Gasteiger partial charge is 0.0140 e. The molecule has 0 N–H and O–H groups in total. The van der Waals surface area contributed by atoms with Crippen LogP contribution in [0.3, 0.4) is 0 Å². The fraction of sp³-hybridized carbons (Fsp3) is 0.556. The van der Waals surface area contributed by atoms with Gasteiger partial charge in [-0.15, -0.1) is 0 Å². The average Bonchev–Trinajstić information content (AvgIpc) is 1.99. The Hall–Kier alpha value is -0.720. The van der Waals surface area contributed by atoms with Crippen LogP contribution >= 0.6 is 0 Å². The van der Waals surface area contributed by atoms with Crippen molar-refractivity contribution >= 4 is 0 Å². The van der Waals surface area contributed by atoms with E-state index in [2.05, 4.69) is 44.6 Å². The van der Waals surface area contributed by atoms with Crippen LogP contribution in [0.4, 0.5) is 0 Å². The number of nitrogens with zero attached hydrogens (tertiary/aromatic N) is 1. The zero-order valence-corrected chi connectivity index (χ0v) is 7.22. The number of hydrogen-bond acceptors (Lipinski definition) is 1. The van der Waals surface area contributed by atoms with Crippen LogP contribution in [-0.4, -0.2) is 18.5 Å². The Kier molecular flexibility index (Phi) is 4.73. The first-order chi connectivity index (χ1) is 4.70. The minimum atomic E-state index is 1.04. The van der Waals surface area contributed by atoms with Crippen LogP contribution in [0.2, 0.25) is 0 Å². The highest BCUT2D eigenvalue weighted by Gasteiger charge is 1.83. The van der Waals surface area contributed by atoms with Crippen molar-refractivity contribution in [2.75, 3.05) is 13.6 Å².